The van der Waals surface area contributed by atoms with E-state index in [4.69, 9.17) is 20.9 Å². The van der Waals surface area contributed by atoms with Gasteiger partial charge in [0.25, 0.3) is 0 Å². The first-order chi connectivity index (χ1) is 24.3. The van der Waals surface area contributed by atoms with Crippen LogP contribution in [-0.4, -0.2) is 12.4 Å². The van der Waals surface area contributed by atoms with E-state index in [9.17, 15) is 26.3 Å². The lowest BCUT2D eigenvalue weighted by molar-refractivity contribution is -0.288. The number of alkyl halides is 6. The normalized spacial score (nSPS) is 11.9. The minimum atomic E-state index is -5.76. The van der Waals surface area contributed by atoms with Gasteiger partial charge >= 0.3 is 12.4 Å². The summed E-state index contributed by atoms with van der Waals surface area (Å²) in [4.78, 5) is 0. The van der Waals surface area contributed by atoms with Gasteiger partial charge in [0.15, 0.2) is 0 Å². The number of anilines is 6. The molecule has 0 spiro atoms. The van der Waals surface area contributed by atoms with Crippen molar-refractivity contribution in [3.8, 4) is 23.0 Å². The van der Waals surface area contributed by atoms with Crippen molar-refractivity contribution in [2.24, 2.45) is 0 Å². The monoisotopic (exact) mass is 700 g/mol. The summed E-state index contributed by atoms with van der Waals surface area (Å²) in [5.74, 6) is 0.716. The molecule has 0 atom stereocenters. The van der Waals surface area contributed by atoms with Crippen LogP contribution in [0.5, 0.6) is 23.0 Å². The van der Waals surface area contributed by atoms with Crippen LogP contribution in [0.1, 0.15) is 11.1 Å². The van der Waals surface area contributed by atoms with Crippen LogP contribution >= 0.6 is 0 Å². The van der Waals surface area contributed by atoms with Crippen molar-refractivity contribution in [1.29, 1.82) is 0 Å². The highest BCUT2D eigenvalue weighted by Crippen LogP contribution is 2.56. The van der Waals surface area contributed by atoms with E-state index in [0.717, 1.165) is 48.5 Å². The molecular weight excluding hydrogens is 670 g/mol. The minimum Gasteiger partial charge on any atom is -0.457 e. The Morgan fingerprint density at radius 3 is 0.980 bits per heavy atom. The fraction of sp³-hybridized carbons (Fsp3) is 0.0769. The second-order valence-corrected chi connectivity index (χ2v) is 11.5. The standard InChI is InChI=1S/C39H30F6N4O2/c40-38(41,42)37(39(43,44)45,25-9-17-29(18-10-25)50-31-21-13-27(14-22-31)48-35-7-3-1-5-33(35)46)26-11-19-30(20-12-26)51-32-23-15-28(16-24-32)49-36-8-4-2-6-34(36)47/h1-24,48-49H,46-47H2. The second-order valence-electron chi connectivity index (χ2n) is 11.5. The van der Waals surface area contributed by atoms with E-state index in [1.165, 1.54) is 0 Å². The zero-order chi connectivity index (χ0) is 36.2. The molecule has 0 aliphatic carbocycles. The van der Waals surface area contributed by atoms with Gasteiger partial charge in [-0.15, -0.1) is 0 Å². The molecule has 0 unspecified atom stereocenters. The van der Waals surface area contributed by atoms with Gasteiger partial charge in [-0.25, -0.2) is 0 Å². The molecule has 0 fully saturated rings. The number of benzene rings is 6. The molecule has 260 valence electrons. The molecular formula is C39H30F6N4O2. The first-order valence-corrected chi connectivity index (χ1v) is 15.5. The third kappa shape index (κ3) is 7.35. The number of hydrogen-bond acceptors (Lipinski definition) is 6. The van der Waals surface area contributed by atoms with E-state index in [0.29, 0.717) is 45.6 Å². The summed E-state index contributed by atoms with van der Waals surface area (Å²) in [6.07, 6.45) is -11.5. The van der Waals surface area contributed by atoms with Crippen LogP contribution in [0.2, 0.25) is 0 Å². The Morgan fingerprint density at radius 1 is 0.392 bits per heavy atom. The number of nitrogens with one attached hydrogen (secondary N) is 2. The van der Waals surface area contributed by atoms with Crippen molar-refractivity contribution in [1.82, 2.24) is 0 Å². The first-order valence-electron chi connectivity index (χ1n) is 15.5. The molecule has 12 heteroatoms. The number of para-hydroxylation sites is 4. The molecule has 0 aliphatic rings. The summed E-state index contributed by atoms with van der Waals surface area (Å²) >= 11 is 0. The zero-order valence-corrected chi connectivity index (χ0v) is 26.6. The second kappa shape index (κ2) is 13.9. The molecule has 0 aliphatic heterocycles. The van der Waals surface area contributed by atoms with Gasteiger partial charge < -0.3 is 31.6 Å². The van der Waals surface area contributed by atoms with Crippen molar-refractivity contribution < 1.29 is 35.8 Å². The Labute approximate surface area is 289 Å². The Kier molecular flexibility index (Phi) is 9.42. The third-order valence-electron chi connectivity index (χ3n) is 8.08. The van der Waals surface area contributed by atoms with Crippen molar-refractivity contribution in [3.05, 3.63) is 157 Å². The quantitative estimate of drug-likeness (QED) is 0.0839. The molecule has 6 N–H and O–H groups in total. The highest BCUT2D eigenvalue weighted by atomic mass is 19.4. The van der Waals surface area contributed by atoms with Crippen molar-refractivity contribution in [2.45, 2.75) is 17.8 Å². The fourth-order valence-electron chi connectivity index (χ4n) is 5.55. The predicted molar refractivity (Wildman–Crippen MR) is 187 cm³/mol. The molecule has 0 saturated heterocycles. The predicted octanol–water partition coefficient (Wildman–Crippen LogP) is 11.3. The van der Waals surface area contributed by atoms with E-state index >= 15 is 0 Å². The molecule has 6 aromatic rings. The molecule has 51 heavy (non-hydrogen) atoms. The average molecular weight is 701 g/mol. The maximum absolute atomic E-state index is 14.8. The fourth-order valence-corrected chi connectivity index (χ4v) is 5.55. The SMILES string of the molecule is Nc1ccccc1Nc1ccc(Oc2ccc(C(c3ccc(Oc4ccc(Nc5ccccc5N)cc4)cc3)(C(F)(F)F)C(F)(F)F)cc2)cc1. The van der Waals surface area contributed by atoms with Gasteiger partial charge in [-0.1, -0.05) is 48.5 Å². The highest BCUT2D eigenvalue weighted by molar-refractivity contribution is 5.73. The summed E-state index contributed by atoms with van der Waals surface area (Å²) in [5, 5.41) is 6.30. The van der Waals surface area contributed by atoms with Gasteiger partial charge in [0, 0.05) is 11.4 Å². The topological polar surface area (TPSA) is 94.6 Å². The largest absolute Gasteiger partial charge is 0.457 e. The van der Waals surface area contributed by atoms with E-state index in [1.807, 2.05) is 12.1 Å². The van der Waals surface area contributed by atoms with Gasteiger partial charge in [0.1, 0.15) is 23.0 Å². The molecule has 6 aromatic carbocycles. The summed E-state index contributed by atoms with van der Waals surface area (Å²) in [5.41, 5.74) is 9.37. The summed E-state index contributed by atoms with van der Waals surface area (Å²) < 4.78 is 100. The number of hydrogen-bond donors (Lipinski definition) is 4. The van der Waals surface area contributed by atoms with Crippen LogP contribution in [0.25, 0.3) is 0 Å². The first kappa shape index (κ1) is 34.6. The van der Waals surface area contributed by atoms with Crippen molar-refractivity contribution >= 4 is 34.1 Å². The number of nitrogen functional groups attached to an aromatic ring is 2. The van der Waals surface area contributed by atoms with Gasteiger partial charge in [-0.05, 0) is 108 Å². The Balaban J connectivity index is 1.20. The van der Waals surface area contributed by atoms with Crippen molar-refractivity contribution in [2.75, 3.05) is 22.1 Å². The van der Waals surface area contributed by atoms with Gasteiger partial charge in [0.05, 0.1) is 22.7 Å². The Bertz CT molecular complexity index is 1930. The van der Waals surface area contributed by atoms with E-state index < -0.39 is 28.9 Å². The summed E-state index contributed by atoms with van der Waals surface area (Å²) in [6.45, 7) is 0. The van der Waals surface area contributed by atoms with E-state index in [-0.39, 0.29) is 11.5 Å². The third-order valence-corrected chi connectivity index (χ3v) is 8.08. The van der Waals surface area contributed by atoms with Gasteiger partial charge in [-0.2, -0.15) is 26.3 Å². The van der Waals surface area contributed by atoms with Crippen molar-refractivity contribution in [3.63, 3.8) is 0 Å². The molecule has 6 rings (SSSR count). The Morgan fingerprint density at radius 2 is 0.686 bits per heavy atom. The van der Waals surface area contributed by atoms with E-state index in [1.54, 1.807) is 84.9 Å². The molecule has 0 radical (unpaired) electrons. The van der Waals surface area contributed by atoms with Gasteiger partial charge in [-0.3, -0.25) is 0 Å². The van der Waals surface area contributed by atoms with Crippen LogP contribution in [0.15, 0.2) is 146 Å². The Hall–Kier alpha value is -6.30. The van der Waals surface area contributed by atoms with E-state index in [2.05, 4.69) is 10.6 Å². The van der Waals surface area contributed by atoms with Crippen LogP contribution < -0.4 is 31.6 Å². The summed E-state index contributed by atoms with van der Waals surface area (Å²) in [6, 6.07) is 34.8. The molecule has 0 heterocycles. The number of ether oxygens (including phenoxy) is 2. The lowest BCUT2D eigenvalue weighted by Crippen LogP contribution is -2.54. The number of nitrogens with two attached hydrogens (primary N) is 2. The zero-order valence-electron chi connectivity index (χ0n) is 26.6. The van der Waals surface area contributed by atoms with Crippen LogP contribution in [-0.2, 0) is 5.41 Å². The maximum Gasteiger partial charge on any atom is 0.411 e. The van der Waals surface area contributed by atoms with Gasteiger partial charge in [0.2, 0.25) is 5.41 Å². The molecule has 0 bridgehead atoms. The number of rotatable bonds is 10. The highest BCUT2D eigenvalue weighted by Gasteiger charge is 2.72. The van der Waals surface area contributed by atoms with Crippen LogP contribution in [0.3, 0.4) is 0 Å². The smallest absolute Gasteiger partial charge is 0.411 e. The summed E-state index contributed by atoms with van der Waals surface area (Å²) in [7, 11) is 0. The maximum atomic E-state index is 14.8. The van der Waals surface area contributed by atoms with Crippen LogP contribution in [0, 0.1) is 0 Å². The van der Waals surface area contributed by atoms with Crippen LogP contribution in [0.4, 0.5) is 60.5 Å². The molecule has 6 nitrogen and oxygen atoms in total. The minimum absolute atomic E-state index is 0.0437. The average Bonchev–Trinajstić information content (AvgIpc) is 3.09. The molecule has 0 saturated carbocycles. The molecule has 0 amide bonds. The number of halogens is 6. The molecule has 0 aromatic heterocycles. The lowest BCUT2D eigenvalue weighted by atomic mass is 9.73. The lowest BCUT2D eigenvalue weighted by Gasteiger charge is -2.38.